The molecule has 0 amide bonds. The van der Waals surface area contributed by atoms with Crippen LogP contribution in [0.4, 0.5) is 0 Å². The number of hydrogen-bond acceptors (Lipinski definition) is 6. The molecule has 25 heavy (non-hydrogen) atoms. The lowest BCUT2D eigenvalue weighted by atomic mass is 10.1. The van der Waals surface area contributed by atoms with Crippen LogP contribution in [0.25, 0.3) is 33.3 Å². The first kappa shape index (κ1) is 15.3. The second-order valence-corrected chi connectivity index (χ2v) is 5.53. The number of ether oxygens (including phenoxy) is 1. The maximum Gasteiger partial charge on any atom is 0.205 e. The number of aryl methyl sites for hydroxylation is 1. The Labute approximate surface area is 142 Å². The molecule has 0 aliphatic rings. The largest absolute Gasteiger partial charge is 0.494 e. The van der Waals surface area contributed by atoms with Crippen molar-refractivity contribution in [3.05, 3.63) is 46.6 Å². The first-order chi connectivity index (χ1) is 12.2. The summed E-state index contributed by atoms with van der Waals surface area (Å²) in [5.74, 6) is 1.15. The highest BCUT2D eigenvalue weighted by Gasteiger charge is 2.12. The van der Waals surface area contributed by atoms with Gasteiger partial charge in [0.1, 0.15) is 16.9 Å². The normalized spacial score (nSPS) is 11.3. The number of aromatic nitrogens is 4. The Morgan fingerprint density at radius 2 is 1.96 bits per heavy atom. The molecule has 0 aliphatic heterocycles. The summed E-state index contributed by atoms with van der Waals surface area (Å²) in [6.07, 6.45) is 0. The van der Waals surface area contributed by atoms with Gasteiger partial charge in [-0.15, -0.1) is 10.2 Å². The Bertz CT molecular complexity index is 1130. The average Bonchev–Trinajstić information content (AvgIpc) is 3.11. The van der Waals surface area contributed by atoms with Crippen LogP contribution in [0.5, 0.6) is 5.75 Å². The van der Waals surface area contributed by atoms with Gasteiger partial charge in [0, 0.05) is 5.56 Å². The van der Waals surface area contributed by atoms with Crippen molar-refractivity contribution < 1.29 is 9.15 Å². The SMILES string of the molecule is CCOc1ccc2oc3cc(-c4nnn(CC)n4)ccc3c(=O)c2c1. The van der Waals surface area contributed by atoms with E-state index in [1.807, 2.05) is 13.8 Å². The third-order valence-electron chi connectivity index (χ3n) is 3.95. The quantitative estimate of drug-likeness (QED) is 0.533. The van der Waals surface area contributed by atoms with Gasteiger partial charge in [0.15, 0.2) is 0 Å². The topological polar surface area (TPSA) is 83.0 Å². The summed E-state index contributed by atoms with van der Waals surface area (Å²) in [4.78, 5) is 14.3. The summed E-state index contributed by atoms with van der Waals surface area (Å²) in [6.45, 7) is 5.02. The van der Waals surface area contributed by atoms with Crippen LogP contribution < -0.4 is 10.2 Å². The summed E-state index contributed by atoms with van der Waals surface area (Å²) in [6, 6.07) is 10.6. The molecule has 2 aromatic carbocycles. The lowest BCUT2D eigenvalue weighted by molar-refractivity contribution is 0.340. The van der Waals surface area contributed by atoms with E-state index < -0.39 is 0 Å². The first-order valence-corrected chi connectivity index (χ1v) is 8.11. The van der Waals surface area contributed by atoms with Gasteiger partial charge in [0.05, 0.1) is 23.9 Å². The van der Waals surface area contributed by atoms with Crippen LogP contribution in [-0.2, 0) is 6.54 Å². The summed E-state index contributed by atoms with van der Waals surface area (Å²) < 4.78 is 11.4. The van der Waals surface area contributed by atoms with Crippen LogP contribution >= 0.6 is 0 Å². The lowest BCUT2D eigenvalue weighted by Crippen LogP contribution is -2.03. The molecule has 126 valence electrons. The zero-order valence-electron chi connectivity index (χ0n) is 13.9. The monoisotopic (exact) mass is 336 g/mol. The van der Waals surface area contributed by atoms with Crippen molar-refractivity contribution in [2.45, 2.75) is 20.4 Å². The van der Waals surface area contributed by atoms with E-state index in [0.29, 0.717) is 46.7 Å². The summed E-state index contributed by atoms with van der Waals surface area (Å²) in [5.41, 5.74) is 1.67. The smallest absolute Gasteiger partial charge is 0.205 e. The number of nitrogens with zero attached hydrogens (tertiary/aromatic N) is 4. The van der Waals surface area contributed by atoms with Gasteiger partial charge in [-0.25, -0.2) is 0 Å². The van der Waals surface area contributed by atoms with E-state index in [1.54, 1.807) is 36.4 Å². The predicted molar refractivity (Wildman–Crippen MR) is 93.6 cm³/mol. The molecular formula is C18H16N4O3. The number of benzene rings is 2. The molecular weight excluding hydrogens is 320 g/mol. The molecule has 0 unspecified atom stereocenters. The molecule has 4 aromatic rings. The van der Waals surface area contributed by atoms with Crippen LogP contribution in [0.2, 0.25) is 0 Å². The molecule has 0 fully saturated rings. The Morgan fingerprint density at radius 1 is 1.08 bits per heavy atom. The Kier molecular flexibility index (Phi) is 3.68. The maximum absolute atomic E-state index is 12.8. The van der Waals surface area contributed by atoms with E-state index in [9.17, 15) is 4.79 Å². The molecule has 0 aliphatic carbocycles. The van der Waals surface area contributed by atoms with Gasteiger partial charge >= 0.3 is 0 Å². The lowest BCUT2D eigenvalue weighted by Gasteiger charge is -2.06. The van der Waals surface area contributed by atoms with Crippen molar-refractivity contribution in [1.82, 2.24) is 20.2 Å². The Balaban J connectivity index is 1.89. The van der Waals surface area contributed by atoms with Crippen LogP contribution in [-0.4, -0.2) is 26.8 Å². The zero-order valence-corrected chi connectivity index (χ0v) is 13.9. The third-order valence-corrected chi connectivity index (χ3v) is 3.95. The second kappa shape index (κ2) is 6.01. The van der Waals surface area contributed by atoms with Gasteiger partial charge < -0.3 is 9.15 Å². The van der Waals surface area contributed by atoms with Crippen molar-refractivity contribution in [2.75, 3.05) is 6.61 Å². The van der Waals surface area contributed by atoms with Crippen molar-refractivity contribution in [3.63, 3.8) is 0 Å². The molecule has 7 heteroatoms. The Morgan fingerprint density at radius 3 is 2.72 bits per heavy atom. The fourth-order valence-electron chi connectivity index (χ4n) is 2.72. The number of fused-ring (bicyclic) bond motifs is 2. The molecule has 0 N–H and O–H groups in total. The van der Waals surface area contributed by atoms with Crippen molar-refractivity contribution in [2.24, 2.45) is 0 Å². The molecule has 0 saturated heterocycles. The molecule has 0 saturated carbocycles. The molecule has 0 spiro atoms. The van der Waals surface area contributed by atoms with Crippen molar-refractivity contribution in [1.29, 1.82) is 0 Å². The Hall–Kier alpha value is -3.22. The standard InChI is InChI=1S/C18H16N4O3/c1-3-22-20-18(19-21-22)11-5-7-13-16(9-11)25-15-8-6-12(24-4-2)10-14(15)17(13)23/h5-10H,3-4H2,1-2H3. The highest BCUT2D eigenvalue weighted by molar-refractivity contribution is 5.91. The van der Waals surface area contributed by atoms with E-state index in [2.05, 4.69) is 15.4 Å². The molecule has 2 aromatic heterocycles. The second-order valence-electron chi connectivity index (χ2n) is 5.53. The van der Waals surface area contributed by atoms with E-state index >= 15 is 0 Å². The highest BCUT2D eigenvalue weighted by atomic mass is 16.5. The van der Waals surface area contributed by atoms with Gasteiger partial charge in [0.2, 0.25) is 11.3 Å². The van der Waals surface area contributed by atoms with E-state index in [4.69, 9.17) is 9.15 Å². The first-order valence-electron chi connectivity index (χ1n) is 8.11. The van der Waals surface area contributed by atoms with Gasteiger partial charge in [-0.2, -0.15) is 4.80 Å². The number of hydrogen-bond donors (Lipinski definition) is 0. The van der Waals surface area contributed by atoms with Crippen molar-refractivity contribution >= 4 is 21.9 Å². The van der Waals surface area contributed by atoms with E-state index in [-0.39, 0.29) is 5.43 Å². The molecule has 4 rings (SSSR count). The summed E-state index contributed by atoms with van der Waals surface area (Å²) in [7, 11) is 0. The minimum Gasteiger partial charge on any atom is -0.494 e. The maximum atomic E-state index is 12.8. The van der Waals surface area contributed by atoms with Gasteiger partial charge in [0.25, 0.3) is 0 Å². The van der Waals surface area contributed by atoms with Crippen LogP contribution in [0, 0.1) is 0 Å². The van der Waals surface area contributed by atoms with Crippen LogP contribution in [0.1, 0.15) is 13.8 Å². The van der Waals surface area contributed by atoms with Gasteiger partial charge in [-0.1, -0.05) is 6.07 Å². The fraction of sp³-hybridized carbons (Fsp3) is 0.222. The number of rotatable bonds is 4. The zero-order chi connectivity index (χ0) is 17.4. The van der Waals surface area contributed by atoms with E-state index in [1.165, 1.54) is 4.80 Å². The fourth-order valence-corrected chi connectivity index (χ4v) is 2.72. The molecule has 7 nitrogen and oxygen atoms in total. The highest BCUT2D eigenvalue weighted by Crippen LogP contribution is 2.25. The minimum absolute atomic E-state index is 0.0884. The van der Waals surface area contributed by atoms with Crippen molar-refractivity contribution in [3.8, 4) is 17.1 Å². The average molecular weight is 336 g/mol. The van der Waals surface area contributed by atoms with E-state index in [0.717, 1.165) is 5.56 Å². The minimum atomic E-state index is -0.0884. The number of tetrazole rings is 1. The molecule has 0 radical (unpaired) electrons. The molecule has 0 atom stereocenters. The van der Waals surface area contributed by atoms with Gasteiger partial charge in [-0.05, 0) is 49.4 Å². The summed E-state index contributed by atoms with van der Waals surface area (Å²) >= 11 is 0. The molecule has 2 heterocycles. The van der Waals surface area contributed by atoms with Crippen LogP contribution in [0.3, 0.4) is 0 Å². The molecule has 0 bridgehead atoms. The predicted octanol–water partition coefficient (Wildman–Crippen LogP) is 3.02. The summed E-state index contributed by atoms with van der Waals surface area (Å²) in [5, 5.41) is 13.3. The van der Waals surface area contributed by atoms with Gasteiger partial charge in [-0.3, -0.25) is 4.79 Å². The third kappa shape index (κ3) is 2.63. The van der Waals surface area contributed by atoms with Crippen LogP contribution in [0.15, 0.2) is 45.6 Å².